The Bertz CT molecular complexity index is 368. The van der Waals surface area contributed by atoms with E-state index in [0.29, 0.717) is 10.2 Å². The van der Waals surface area contributed by atoms with E-state index < -0.39 is 12.1 Å². The van der Waals surface area contributed by atoms with E-state index in [-0.39, 0.29) is 12.2 Å². The molecular formula is C10H10BrFO3. The van der Waals surface area contributed by atoms with Crippen LogP contribution < -0.4 is 4.74 Å². The Kier molecular flexibility index (Phi) is 4.08. The molecule has 0 aromatic heterocycles. The average molecular weight is 277 g/mol. The maximum absolute atomic E-state index is 12.7. The normalized spacial score (nSPS) is 12.2. The average Bonchev–Trinajstić information content (AvgIpc) is 2.08. The molecule has 0 bridgehead atoms. The van der Waals surface area contributed by atoms with Crippen LogP contribution in [0.4, 0.5) is 4.39 Å². The molecule has 3 nitrogen and oxygen atoms in total. The Morgan fingerprint density at radius 1 is 1.67 bits per heavy atom. The van der Waals surface area contributed by atoms with Gasteiger partial charge in [0.1, 0.15) is 17.7 Å². The summed E-state index contributed by atoms with van der Waals surface area (Å²) >= 11 is 3.13. The lowest BCUT2D eigenvalue weighted by Crippen LogP contribution is -2.16. The molecule has 5 heteroatoms. The zero-order chi connectivity index (χ0) is 11.4. The van der Waals surface area contributed by atoms with Crippen LogP contribution in [0.15, 0.2) is 22.7 Å². The van der Waals surface area contributed by atoms with Crippen LogP contribution in [-0.2, 0) is 4.79 Å². The van der Waals surface area contributed by atoms with Crippen molar-refractivity contribution in [2.24, 2.45) is 0 Å². The van der Waals surface area contributed by atoms with Crippen LogP contribution in [0.25, 0.3) is 0 Å². The largest absolute Gasteiger partial charge is 0.489 e. The Morgan fingerprint density at radius 3 is 2.87 bits per heavy atom. The number of carboxylic acid groups (broad SMARTS) is 1. The standard InChI is InChI=1S/C10H10BrFO3/c1-6(4-10(13)14)15-9-3-2-7(12)5-8(9)11/h2-3,5-6H,4H2,1H3,(H,13,14)/t6-/m0/s1. The van der Waals surface area contributed by atoms with Crippen LogP contribution in [0.3, 0.4) is 0 Å². The summed E-state index contributed by atoms with van der Waals surface area (Å²) in [7, 11) is 0. The number of rotatable bonds is 4. The molecule has 15 heavy (non-hydrogen) atoms. The first-order chi connectivity index (χ1) is 6.99. The summed E-state index contributed by atoms with van der Waals surface area (Å²) in [5, 5.41) is 8.52. The van der Waals surface area contributed by atoms with Crippen LogP contribution >= 0.6 is 15.9 Å². The molecule has 0 radical (unpaired) electrons. The van der Waals surface area contributed by atoms with Gasteiger partial charge in [-0.2, -0.15) is 0 Å². The minimum atomic E-state index is -0.930. The van der Waals surface area contributed by atoms with Gasteiger partial charge in [-0.05, 0) is 41.1 Å². The summed E-state index contributed by atoms with van der Waals surface area (Å²) in [4.78, 5) is 10.4. The number of ether oxygens (including phenoxy) is 1. The Hall–Kier alpha value is -1.10. The van der Waals surface area contributed by atoms with Crippen LogP contribution in [0, 0.1) is 5.82 Å². The van der Waals surface area contributed by atoms with Crippen molar-refractivity contribution in [2.45, 2.75) is 19.4 Å². The Morgan fingerprint density at radius 2 is 2.33 bits per heavy atom. The van der Waals surface area contributed by atoms with Crippen molar-refractivity contribution < 1.29 is 19.0 Å². The number of halogens is 2. The number of hydrogen-bond donors (Lipinski definition) is 1. The molecule has 0 amide bonds. The second-order valence-electron chi connectivity index (χ2n) is 3.10. The second kappa shape index (κ2) is 5.11. The number of carbonyl (C=O) groups is 1. The molecule has 0 aliphatic carbocycles. The fourth-order valence-electron chi connectivity index (χ4n) is 1.08. The third-order valence-electron chi connectivity index (χ3n) is 1.68. The van der Waals surface area contributed by atoms with E-state index in [9.17, 15) is 9.18 Å². The van der Waals surface area contributed by atoms with Crippen molar-refractivity contribution in [1.82, 2.24) is 0 Å². The zero-order valence-electron chi connectivity index (χ0n) is 8.04. The monoisotopic (exact) mass is 276 g/mol. The van der Waals surface area contributed by atoms with Crippen LogP contribution in [-0.4, -0.2) is 17.2 Å². The van der Waals surface area contributed by atoms with Gasteiger partial charge in [-0.15, -0.1) is 0 Å². The Balaban J connectivity index is 2.68. The predicted octanol–water partition coefficient (Wildman–Crippen LogP) is 2.83. The molecule has 0 heterocycles. The van der Waals surface area contributed by atoms with E-state index in [4.69, 9.17) is 9.84 Å². The van der Waals surface area contributed by atoms with Gasteiger partial charge in [-0.1, -0.05) is 0 Å². The lowest BCUT2D eigenvalue weighted by atomic mass is 10.3. The van der Waals surface area contributed by atoms with Crippen molar-refractivity contribution in [3.05, 3.63) is 28.5 Å². The van der Waals surface area contributed by atoms with E-state index >= 15 is 0 Å². The van der Waals surface area contributed by atoms with Gasteiger partial charge in [0.2, 0.25) is 0 Å². The highest BCUT2D eigenvalue weighted by Crippen LogP contribution is 2.26. The van der Waals surface area contributed by atoms with E-state index in [1.54, 1.807) is 6.92 Å². The van der Waals surface area contributed by atoms with Crippen molar-refractivity contribution in [2.75, 3.05) is 0 Å². The van der Waals surface area contributed by atoms with E-state index in [1.165, 1.54) is 18.2 Å². The SMILES string of the molecule is C[C@@H](CC(=O)O)Oc1ccc(F)cc1Br. The van der Waals surface area contributed by atoms with Crippen molar-refractivity contribution in [1.29, 1.82) is 0 Å². The number of benzene rings is 1. The quantitative estimate of drug-likeness (QED) is 0.920. The van der Waals surface area contributed by atoms with Crippen molar-refractivity contribution in [3.63, 3.8) is 0 Å². The third kappa shape index (κ3) is 3.87. The van der Waals surface area contributed by atoms with Crippen LogP contribution in [0.1, 0.15) is 13.3 Å². The fraction of sp³-hybridized carbons (Fsp3) is 0.300. The summed E-state index contributed by atoms with van der Waals surface area (Å²) < 4.78 is 18.5. The van der Waals surface area contributed by atoms with Gasteiger partial charge >= 0.3 is 5.97 Å². The van der Waals surface area contributed by atoms with Gasteiger partial charge in [-0.3, -0.25) is 4.79 Å². The highest BCUT2D eigenvalue weighted by atomic mass is 79.9. The van der Waals surface area contributed by atoms with Crippen LogP contribution in [0.2, 0.25) is 0 Å². The van der Waals surface area contributed by atoms with Gasteiger partial charge < -0.3 is 9.84 Å². The van der Waals surface area contributed by atoms with Crippen molar-refractivity contribution in [3.8, 4) is 5.75 Å². The molecule has 0 aliphatic heterocycles. The molecule has 0 unspecified atom stereocenters. The van der Waals surface area contributed by atoms with Crippen LogP contribution in [0.5, 0.6) is 5.75 Å². The van der Waals surface area contributed by atoms with E-state index in [1.807, 2.05) is 0 Å². The summed E-state index contributed by atoms with van der Waals surface area (Å²) in [6.45, 7) is 1.64. The molecule has 1 N–H and O–H groups in total. The summed E-state index contributed by atoms with van der Waals surface area (Å²) in [5.74, 6) is -0.869. The van der Waals surface area contributed by atoms with Gasteiger partial charge in [0.15, 0.2) is 0 Å². The topological polar surface area (TPSA) is 46.5 Å². The molecule has 1 aromatic carbocycles. The first-order valence-corrected chi connectivity index (χ1v) is 5.12. The van der Waals surface area contributed by atoms with Gasteiger partial charge in [0, 0.05) is 0 Å². The molecular weight excluding hydrogens is 267 g/mol. The third-order valence-corrected chi connectivity index (χ3v) is 2.30. The highest BCUT2D eigenvalue weighted by molar-refractivity contribution is 9.10. The lowest BCUT2D eigenvalue weighted by molar-refractivity contribution is -0.138. The summed E-state index contributed by atoms with van der Waals surface area (Å²) in [6.07, 6.45) is -0.548. The molecule has 1 aromatic rings. The minimum absolute atomic E-state index is 0.0934. The lowest BCUT2D eigenvalue weighted by Gasteiger charge is -2.13. The van der Waals surface area contributed by atoms with E-state index in [2.05, 4.69) is 15.9 Å². The first kappa shape index (κ1) is 12.0. The van der Waals surface area contributed by atoms with Crippen molar-refractivity contribution >= 4 is 21.9 Å². The fourth-order valence-corrected chi connectivity index (χ4v) is 1.52. The molecule has 0 spiro atoms. The zero-order valence-corrected chi connectivity index (χ0v) is 9.62. The maximum Gasteiger partial charge on any atom is 0.307 e. The number of aliphatic carboxylic acids is 1. The number of carboxylic acids is 1. The van der Waals surface area contributed by atoms with Gasteiger partial charge in [-0.25, -0.2) is 4.39 Å². The molecule has 82 valence electrons. The summed E-state index contributed by atoms with van der Waals surface area (Å²) in [6, 6.07) is 3.98. The molecule has 0 aliphatic rings. The highest BCUT2D eigenvalue weighted by Gasteiger charge is 2.11. The van der Waals surface area contributed by atoms with Gasteiger partial charge in [0.25, 0.3) is 0 Å². The number of hydrogen-bond acceptors (Lipinski definition) is 2. The molecule has 1 rings (SSSR count). The predicted molar refractivity (Wildman–Crippen MR) is 56.4 cm³/mol. The molecule has 0 saturated carbocycles. The first-order valence-electron chi connectivity index (χ1n) is 4.32. The second-order valence-corrected chi connectivity index (χ2v) is 3.96. The smallest absolute Gasteiger partial charge is 0.307 e. The van der Waals surface area contributed by atoms with E-state index in [0.717, 1.165) is 0 Å². The Labute approximate surface area is 95.0 Å². The molecule has 1 atom stereocenters. The maximum atomic E-state index is 12.7. The minimum Gasteiger partial charge on any atom is -0.489 e. The van der Waals surface area contributed by atoms with Gasteiger partial charge in [0.05, 0.1) is 10.9 Å². The molecule has 0 saturated heterocycles. The molecule has 0 fully saturated rings. The summed E-state index contributed by atoms with van der Waals surface area (Å²) in [5.41, 5.74) is 0.